The summed E-state index contributed by atoms with van der Waals surface area (Å²) >= 11 is 6.46. The first-order valence-electron chi connectivity index (χ1n) is 9.42. The smallest absolute Gasteiger partial charge is 0.256 e. The van der Waals surface area contributed by atoms with Gasteiger partial charge in [-0.25, -0.2) is 0 Å². The lowest BCUT2D eigenvalue weighted by Crippen LogP contribution is -2.14. The highest BCUT2D eigenvalue weighted by Gasteiger charge is 2.19. The molecule has 0 fully saturated rings. The van der Waals surface area contributed by atoms with Crippen LogP contribution in [0.4, 0.5) is 11.4 Å². The number of nitrogen functional groups attached to an aromatic ring is 1. The first kappa shape index (κ1) is 18.5. The van der Waals surface area contributed by atoms with Crippen molar-refractivity contribution in [2.75, 3.05) is 11.1 Å². The number of aryl methyl sites for hydroxylation is 2. The largest absolute Gasteiger partial charge is 0.399 e. The predicted octanol–water partition coefficient (Wildman–Crippen LogP) is 4.47. The molecule has 1 aromatic heterocycles. The van der Waals surface area contributed by atoms with Gasteiger partial charge in [0.25, 0.3) is 5.91 Å². The summed E-state index contributed by atoms with van der Waals surface area (Å²) in [6.07, 6.45) is 4.34. The highest BCUT2D eigenvalue weighted by molar-refractivity contribution is 6.33. The number of anilines is 2. The number of carbonyl (C=O) groups excluding carboxylic acids is 1. The lowest BCUT2D eigenvalue weighted by atomic mass is 10.1. The van der Waals surface area contributed by atoms with Crippen LogP contribution in [0.3, 0.4) is 0 Å². The molecule has 0 radical (unpaired) electrons. The van der Waals surface area contributed by atoms with E-state index in [1.54, 1.807) is 24.3 Å². The monoisotopic (exact) mass is 395 g/mol. The maximum Gasteiger partial charge on any atom is 0.256 e. The van der Waals surface area contributed by atoms with Crippen LogP contribution in [-0.2, 0) is 13.0 Å². The van der Waals surface area contributed by atoms with Gasteiger partial charge in [-0.3, -0.25) is 4.79 Å². The van der Waals surface area contributed by atoms with E-state index in [2.05, 4.69) is 20.1 Å². The highest BCUT2D eigenvalue weighted by Crippen LogP contribution is 2.31. The predicted molar refractivity (Wildman–Crippen MR) is 112 cm³/mol. The van der Waals surface area contributed by atoms with Crippen LogP contribution in [0.15, 0.2) is 36.4 Å². The van der Waals surface area contributed by atoms with Gasteiger partial charge >= 0.3 is 0 Å². The first-order chi connectivity index (χ1) is 13.5. The van der Waals surface area contributed by atoms with E-state index in [1.807, 2.05) is 19.1 Å². The van der Waals surface area contributed by atoms with Crippen molar-refractivity contribution in [3.63, 3.8) is 0 Å². The Kier molecular flexibility index (Phi) is 5.05. The molecule has 28 heavy (non-hydrogen) atoms. The molecule has 2 aromatic carbocycles. The third-order valence-corrected chi connectivity index (χ3v) is 5.41. The van der Waals surface area contributed by atoms with Crippen LogP contribution in [0.25, 0.3) is 11.4 Å². The van der Waals surface area contributed by atoms with Gasteiger partial charge in [-0.2, -0.15) is 0 Å². The number of carbonyl (C=O) groups is 1. The van der Waals surface area contributed by atoms with E-state index in [9.17, 15) is 4.79 Å². The van der Waals surface area contributed by atoms with Gasteiger partial charge in [-0.1, -0.05) is 24.1 Å². The van der Waals surface area contributed by atoms with Crippen molar-refractivity contribution in [2.24, 2.45) is 0 Å². The van der Waals surface area contributed by atoms with Gasteiger partial charge in [0.15, 0.2) is 5.82 Å². The number of fused-ring (bicyclic) bond motifs is 1. The summed E-state index contributed by atoms with van der Waals surface area (Å²) in [6, 6.07) is 10.7. The first-order valence-corrected chi connectivity index (χ1v) is 9.80. The lowest BCUT2D eigenvalue weighted by molar-refractivity contribution is 0.102. The summed E-state index contributed by atoms with van der Waals surface area (Å²) in [5.41, 5.74) is 9.21. The molecule has 3 aromatic rings. The van der Waals surface area contributed by atoms with Crippen LogP contribution in [0, 0.1) is 6.92 Å². The SMILES string of the molecule is Cc1ccc(N)cc1C(=O)Nc1ccc(Cl)c(-c2nnc3n2CCCCC3)c1. The summed E-state index contributed by atoms with van der Waals surface area (Å²) in [4.78, 5) is 12.7. The highest BCUT2D eigenvalue weighted by atomic mass is 35.5. The standard InChI is InChI=1S/C21H22ClN5O/c1-13-6-7-14(23)11-16(13)21(28)24-15-8-9-18(22)17(12-15)20-26-25-19-5-3-2-4-10-27(19)20/h6-9,11-12H,2-5,10,23H2,1H3,(H,24,28). The third-order valence-electron chi connectivity index (χ3n) is 5.08. The molecule has 0 bridgehead atoms. The van der Waals surface area contributed by atoms with Gasteiger partial charge in [-0.15, -0.1) is 10.2 Å². The molecular weight excluding hydrogens is 374 g/mol. The molecule has 3 N–H and O–H groups in total. The van der Waals surface area contributed by atoms with E-state index in [4.69, 9.17) is 17.3 Å². The Morgan fingerprint density at radius 1 is 1.14 bits per heavy atom. The molecular formula is C21H22ClN5O. The number of nitrogens with zero attached hydrogens (tertiary/aromatic N) is 3. The van der Waals surface area contributed by atoms with E-state index in [0.717, 1.165) is 48.6 Å². The van der Waals surface area contributed by atoms with Crippen LogP contribution < -0.4 is 11.1 Å². The Morgan fingerprint density at radius 2 is 2.00 bits per heavy atom. The minimum Gasteiger partial charge on any atom is -0.399 e. The molecule has 1 amide bonds. The minimum atomic E-state index is -0.210. The number of aromatic nitrogens is 3. The van der Waals surface area contributed by atoms with Crippen LogP contribution in [-0.4, -0.2) is 20.7 Å². The molecule has 0 saturated carbocycles. The summed E-state index contributed by atoms with van der Waals surface area (Å²) in [5, 5.41) is 12.2. The second-order valence-corrected chi connectivity index (χ2v) is 7.53. The fourth-order valence-corrected chi connectivity index (χ4v) is 3.74. The summed E-state index contributed by atoms with van der Waals surface area (Å²) in [5.74, 6) is 1.53. The number of hydrogen-bond donors (Lipinski definition) is 2. The lowest BCUT2D eigenvalue weighted by Gasteiger charge is -2.12. The molecule has 2 heterocycles. The van der Waals surface area contributed by atoms with Gasteiger partial charge < -0.3 is 15.6 Å². The van der Waals surface area contributed by atoms with Crippen molar-refractivity contribution in [2.45, 2.75) is 39.2 Å². The molecule has 1 aliphatic heterocycles. The molecule has 144 valence electrons. The van der Waals surface area contributed by atoms with E-state index in [1.165, 1.54) is 6.42 Å². The van der Waals surface area contributed by atoms with Crippen molar-refractivity contribution >= 4 is 28.9 Å². The summed E-state index contributed by atoms with van der Waals surface area (Å²) < 4.78 is 2.14. The number of halogens is 1. The number of nitrogens with one attached hydrogen (secondary N) is 1. The van der Waals surface area contributed by atoms with Crippen LogP contribution in [0.5, 0.6) is 0 Å². The van der Waals surface area contributed by atoms with Gasteiger partial charge in [0, 0.05) is 35.5 Å². The fraction of sp³-hybridized carbons (Fsp3) is 0.286. The normalized spacial score (nSPS) is 13.6. The van der Waals surface area contributed by atoms with Crippen LogP contribution in [0.1, 0.15) is 41.0 Å². The van der Waals surface area contributed by atoms with Crippen LogP contribution >= 0.6 is 11.6 Å². The topological polar surface area (TPSA) is 85.8 Å². The zero-order chi connectivity index (χ0) is 19.7. The fourth-order valence-electron chi connectivity index (χ4n) is 3.54. The quantitative estimate of drug-likeness (QED) is 0.640. The van der Waals surface area contributed by atoms with E-state index in [0.29, 0.717) is 22.0 Å². The average molecular weight is 396 g/mol. The molecule has 6 nitrogen and oxygen atoms in total. The number of hydrogen-bond acceptors (Lipinski definition) is 4. The maximum atomic E-state index is 12.7. The van der Waals surface area contributed by atoms with Gasteiger partial charge in [-0.05, 0) is 55.7 Å². The van der Waals surface area contributed by atoms with Gasteiger partial charge in [0.05, 0.1) is 5.02 Å². The molecule has 0 unspecified atom stereocenters. The zero-order valence-corrected chi connectivity index (χ0v) is 16.5. The van der Waals surface area contributed by atoms with Crippen molar-refractivity contribution in [1.29, 1.82) is 0 Å². The molecule has 0 atom stereocenters. The minimum absolute atomic E-state index is 0.210. The molecule has 0 aliphatic carbocycles. The Balaban J connectivity index is 1.66. The zero-order valence-electron chi connectivity index (χ0n) is 15.7. The Bertz CT molecular complexity index is 1040. The van der Waals surface area contributed by atoms with E-state index in [-0.39, 0.29) is 5.91 Å². The number of amides is 1. The van der Waals surface area contributed by atoms with Crippen LogP contribution in [0.2, 0.25) is 5.02 Å². The second-order valence-electron chi connectivity index (χ2n) is 7.13. The van der Waals surface area contributed by atoms with E-state index >= 15 is 0 Å². The Labute approximate surface area is 168 Å². The summed E-state index contributed by atoms with van der Waals surface area (Å²) in [6.45, 7) is 2.76. The van der Waals surface area contributed by atoms with E-state index < -0.39 is 0 Å². The van der Waals surface area contributed by atoms with Crippen molar-refractivity contribution in [1.82, 2.24) is 14.8 Å². The maximum absolute atomic E-state index is 12.7. The van der Waals surface area contributed by atoms with Crippen molar-refractivity contribution in [3.8, 4) is 11.4 Å². The molecule has 7 heteroatoms. The third kappa shape index (κ3) is 3.60. The van der Waals surface area contributed by atoms with Crippen molar-refractivity contribution < 1.29 is 4.79 Å². The Hall–Kier alpha value is -2.86. The average Bonchev–Trinajstić information content (AvgIpc) is 2.93. The van der Waals surface area contributed by atoms with Gasteiger partial charge in [0.2, 0.25) is 0 Å². The number of rotatable bonds is 3. The second kappa shape index (κ2) is 7.64. The molecule has 1 aliphatic rings. The molecule has 0 spiro atoms. The number of nitrogens with two attached hydrogens (primary N) is 1. The molecule has 4 rings (SSSR count). The Morgan fingerprint density at radius 3 is 2.86 bits per heavy atom. The van der Waals surface area contributed by atoms with Crippen molar-refractivity contribution in [3.05, 3.63) is 58.4 Å². The van der Waals surface area contributed by atoms with Gasteiger partial charge in [0.1, 0.15) is 5.82 Å². The summed E-state index contributed by atoms with van der Waals surface area (Å²) in [7, 11) is 0. The number of benzene rings is 2. The molecule has 0 saturated heterocycles.